The van der Waals surface area contributed by atoms with Gasteiger partial charge in [0.1, 0.15) is 6.07 Å². The lowest BCUT2D eigenvalue weighted by molar-refractivity contribution is -0.384. The van der Waals surface area contributed by atoms with Crippen LogP contribution in [0.4, 0.5) is 11.4 Å². The Morgan fingerprint density at radius 3 is 2.31 bits per heavy atom. The number of hydrogen-bond acceptors (Lipinski definition) is 6. The van der Waals surface area contributed by atoms with E-state index in [1.807, 2.05) is 23.1 Å². The van der Waals surface area contributed by atoms with Crippen molar-refractivity contribution in [2.24, 2.45) is 0 Å². The summed E-state index contributed by atoms with van der Waals surface area (Å²) in [5.74, 6) is 0. The third-order valence-electron chi connectivity index (χ3n) is 4.99. The lowest BCUT2D eigenvalue weighted by atomic mass is 10.1. The number of non-ortho nitro benzene ring substituents is 1. The minimum absolute atomic E-state index is 0.141. The highest BCUT2D eigenvalue weighted by Gasteiger charge is 2.29. The molecule has 0 radical (unpaired) electrons. The Labute approximate surface area is 170 Å². The van der Waals surface area contributed by atoms with Crippen LogP contribution in [0.25, 0.3) is 0 Å². The van der Waals surface area contributed by atoms with Crippen molar-refractivity contribution >= 4 is 21.4 Å². The van der Waals surface area contributed by atoms with Gasteiger partial charge in [-0.3, -0.25) is 10.1 Å². The molecule has 0 aromatic heterocycles. The van der Waals surface area contributed by atoms with E-state index in [0.717, 1.165) is 18.4 Å². The third-order valence-corrected chi connectivity index (χ3v) is 6.90. The second-order valence-corrected chi connectivity index (χ2v) is 8.79. The second-order valence-electron chi connectivity index (χ2n) is 6.86. The average molecular weight is 414 g/mol. The molecular weight excluding hydrogens is 392 g/mol. The highest BCUT2D eigenvalue weighted by atomic mass is 32.2. The molecule has 0 N–H and O–H groups in total. The van der Waals surface area contributed by atoms with Crippen LogP contribution >= 0.6 is 0 Å². The molecule has 2 aromatic rings. The molecule has 9 heteroatoms. The van der Waals surface area contributed by atoms with Gasteiger partial charge in [-0.05, 0) is 30.2 Å². The van der Waals surface area contributed by atoms with Crippen LogP contribution in [0.1, 0.15) is 24.5 Å². The maximum absolute atomic E-state index is 12.9. The van der Waals surface area contributed by atoms with Crippen LogP contribution in [0.5, 0.6) is 0 Å². The zero-order valence-corrected chi connectivity index (χ0v) is 16.9. The van der Waals surface area contributed by atoms with Gasteiger partial charge < -0.3 is 4.90 Å². The summed E-state index contributed by atoms with van der Waals surface area (Å²) in [5, 5.41) is 20.3. The first-order valence-electron chi connectivity index (χ1n) is 9.39. The molecular formula is C20H22N4O4S. The quantitative estimate of drug-likeness (QED) is 0.531. The van der Waals surface area contributed by atoms with Crippen LogP contribution in [0.15, 0.2) is 47.4 Å². The summed E-state index contributed by atoms with van der Waals surface area (Å²) in [6, 6.07) is 13.1. The van der Waals surface area contributed by atoms with E-state index < -0.39 is 14.9 Å². The Bertz CT molecular complexity index is 1040. The van der Waals surface area contributed by atoms with Crippen LogP contribution in [-0.2, 0) is 16.4 Å². The molecule has 1 saturated heterocycles. The Morgan fingerprint density at radius 1 is 1.10 bits per heavy atom. The summed E-state index contributed by atoms with van der Waals surface area (Å²) in [6.45, 7) is 3.44. The van der Waals surface area contributed by atoms with E-state index in [1.165, 1.54) is 16.4 Å². The topological polar surface area (TPSA) is 108 Å². The number of benzene rings is 2. The van der Waals surface area contributed by atoms with E-state index in [-0.39, 0.29) is 29.2 Å². The summed E-state index contributed by atoms with van der Waals surface area (Å²) in [6.07, 6.45) is 1.91. The van der Waals surface area contributed by atoms with E-state index in [0.29, 0.717) is 18.8 Å². The number of piperazine rings is 1. The minimum atomic E-state index is -3.58. The fourth-order valence-electron chi connectivity index (χ4n) is 3.44. The number of anilines is 1. The number of rotatable bonds is 6. The van der Waals surface area contributed by atoms with Crippen molar-refractivity contribution in [2.75, 3.05) is 31.1 Å². The van der Waals surface area contributed by atoms with Gasteiger partial charge in [-0.1, -0.05) is 25.5 Å². The number of hydrogen-bond donors (Lipinski definition) is 0. The minimum Gasteiger partial charge on any atom is -0.368 e. The normalized spacial score (nSPS) is 15.1. The summed E-state index contributed by atoms with van der Waals surface area (Å²) < 4.78 is 27.3. The van der Waals surface area contributed by atoms with E-state index in [1.54, 1.807) is 18.2 Å². The van der Waals surface area contributed by atoms with Crippen LogP contribution in [-0.4, -0.2) is 43.8 Å². The number of nitrogens with zero attached hydrogens (tertiary/aromatic N) is 4. The smallest absolute Gasteiger partial charge is 0.270 e. The third kappa shape index (κ3) is 4.39. The molecule has 8 nitrogen and oxygen atoms in total. The number of aryl methyl sites for hydroxylation is 1. The standard InChI is InChI=1S/C20H22N4O4S/c1-2-3-16-4-7-19(8-5-16)29(27,28)23-12-10-22(11-13-23)20-9-6-18(24(25)26)14-17(20)15-21/h4-9,14H,2-3,10-13H2,1H3. The van der Waals surface area contributed by atoms with E-state index >= 15 is 0 Å². The first kappa shape index (κ1) is 20.8. The van der Waals surface area contributed by atoms with Crippen molar-refractivity contribution in [3.8, 4) is 6.07 Å². The largest absolute Gasteiger partial charge is 0.368 e. The fourth-order valence-corrected chi connectivity index (χ4v) is 4.86. The van der Waals surface area contributed by atoms with Gasteiger partial charge in [0.2, 0.25) is 10.0 Å². The van der Waals surface area contributed by atoms with Gasteiger partial charge in [-0.15, -0.1) is 0 Å². The molecule has 3 rings (SSSR count). The number of nitro benzene ring substituents is 1. The molecule has 0 aliphatic carbocycles. The van der Waals surface area contributed by atoms with Gasteiger partial charge in [0.25, 0.3) is 5.69 Å². The van der Waals surface area contributed by atoms with Gasteiger partial charge in [-0.2, -0.15) is 9.57 Å². The monoisotopic (exact) mass is 414 g/mol. The van der Waals surface area contributed by atoms with Crippen molar-refractivity contribution in [3.05, 3.63) is 63.7 Å². The van der Waals surface area contributed by atoms with Gasteiger partial charge >= 0.3 is 0 Å². The molecule has 0 atom stereocenters. The summed E-state index contributed by atoms with van der Waals surface area (Å²) >= 11 is 0. The van der Waals surface area contributed by atoms with Gasteiger partial charge in [0.15, 0.2) is 0 Å². The zero-order valence-electron chi connectivity index (χ0n) is 16.1. The average Bonchev–Trinajstić information content (AvgIpc) is 2.74. The first-order valence-corrected chi connectivity index (χ1v) is 10.8. The second kappa shape index (κ2) is 8.59. The Balaban J connectivity index is 1.73. The molecule has 1 heterocycles. The first-order chi connectivity index (χ1) is 13.9. The number of nitro groups is 1. The summed E-state index contributed by atoms with van der Waals surface area (Å²) in [7, 11) is -3.58. The van der Waals surface area contributed by atoms with E-state index in [2.05, 4.69) is 6.92 Å². The van der Waals surface area contributed by atoms with Crippen LogP contribution in [0.3, 0.4) is 0 Å². The zero-order chi connectivity index (χ0) is 21.0. The maximum atomic E-state index is 12.9. The van der Waals surface area contributed by atoms with E-state index in [4.69, 9.17) is 0 Å². The molecule has 0 spiro atoms. The molecule has 152 valence electrons. The van der Waals surface area contributed by atoms with Crippen molar-refractivity contribution in [2.45, 2.75) is 24.7 Å². The lowest BCUT2D eigenvalue weighted by Gasteiger charge is -2.35. The van der Waals surface area contributed by atoms with Crippen molar-refractivity contribution < 1.29 is 13.3 Å². The molecule has 0 saturated carbocycles. The summed E-state index contributed by atoms with van der Waals surface area (Å²) in [4.78, 5) is 12.5. The van der Waals surface area contributed by atoms with Crippen LogP contribution in [0, 0.1) is 21.4 Å². The van der Waals surface area contributed by atoms with Gasteiger partial charge in [0, 0.05) is 38.3 Å². The highest BCUT2D eigenvalue weighted by Crippen LogP contribution is 2.27. The summed E-state index contributed by atoms with van der Waals surface area (Å²) in [5.41, 5.74) is 1.76. The molecule has 2 aromatic carbocycles. The lowest BCUT2D eigenvalue weighted by Crippen LogP contribution is -2.48. The maximum Gasteiger partial charge on any atom is 0.270 e. The molecule has 0 bridgehead atoms. The predicted molar refractivity (Wildman–Crippen MR) is 109 cm³/mol. The van der Waals surface area contributed by atoms with Crippen LogP contribution in [0.2, 0.25) is 0 Å². The van der Waals surface area contributed by atoms with Crippen molar-refractivity contribution in [1.29, 1.82) is 5.26 Å². The molecule has 0 unspecified atom stereocenters. The van der Waals surface area contributed by atoms with Crippen molar-refractivity contribution in [3.63, 3.8) is 0 Å². The Morgan fingerprint density at radius 2 is 1.76 bits per heavy atom. The van der Waals surface area contributed by atoms with Crippen molar-refractivity contribution in [1.82, 2.24) is 4.31 Å². The molecule has 1 aliphatic rings. The van der Waals surface area contributed by atoms with E-state index in [9.17, 15) is 23.8 Å². The predicted octanol–water partition coefficient (Wildman–Crippen LogP) is 2.93. The number of nitriles is 1. The van der Waals surface area contributed by atoms with Crippen LogP contribution < -0.4 is 4.90 Å². The molecule has 1 aliphatic heterocycles. The Kier molecular flexibility index (Phi) is 6.15. The molecule has 0 amide bonds. The number of sulfonamides is 1. The SMILES string of the molecule is CCCc1ccc(S(=O)(=O)N2CCN(c3ccc([N+](=O)[O-])cc3C#N)CC2)cc1. The fraction of sp³-hybridized carbons (Fsp3) is 0.350. The highest BCUT2D eigenvalue weighted by molar-refractivity contribution is 7.89. The Hall–Kier alpha value is -2.96. The molecule has 1 fully saturated rings. The van der Waals surface area contributed by atoms with Gasteiger partial charge in [0.05, 0.1) is 21.1 Å². The van der Waals surface area contributed by atoms with Gasteiger partial charge in [-0.25, -0.2) is 8.42 Å². The molecule has 29 heavy (non-hydrogen) atoms.